The molecule has 3 unspecified atom stereocenters. The van der Waals surface area contributed by atoms with E-state index in [1.165, 1.54) is 25.7 Å². The molecule has 2 rings (SSSR count). The number of ether oxygens (including phenoxy) is 1. The molecule has 0 radical (unpaired) electrons. The van der Waals surface area contributed by atoms with Crippen molar-refractivity contribution in [2.75, 3.05) is 6.61 Å². The fourth-order valence-electron chi connectivity index (χ4n) is 3.65. The third-order valence-electron chi connectivity index (χ3n) is 4.65. The lowest BCUT2D eigenvalue weighted by Gasteiger charge is -2.39. The highest BCUT2D eigenvalue weighted by Gasteiger charge is 2.34. The highest BCUT2D eigenvalue weighted by atomic mass is 16.5. The maximum Gasteiger partial charge on any atom is 0.106 e. The minimum absolute atomic E-state index is 0.373. The van der Waals surface area contributed by atoms with Gasteiger partial charge in [0.15, 0.2) is 0 Å². The van der Waals surface area contributed by atoms with Crippen LogP contribution in [0.15, 0.2) is 0 Å². The van der Waals surface area contributed by atoms with Crippen molar-refractivity contribution in [3.05, 3.63) is 0 Å². The number of nitrogens with zero attached hydrogens (tertiary/aromatic N) is 1. The number of nitriles is 1. The van der Waals surface area contributed by atoms with Crippen molar-refractivity contribution in [1.29, 1.82) is 5.26 Å². The molecule has 0 saturated heterocycles. The van der Waals surface area contributed by atoms with E-state index in [0.717, 1.165) is 18.8 Å². The first-order valence-corrected chi connectivity index (χ1v) is 8.12. The molecule has 2 fully saturated rings. The number of rotatable bonds is 6. The van der Waals surface area contributed by atoms with E-state index in [9.17, 15) is 5.26 Å². The Kier molecular flexibility index (Phi) is 4.76. The summed E-state index contributed by atoms with van der Waals surface area (Å²) in [6.45, 7) is 9.70. The standard InChI is InChI=1S/C17H30N2O/c1-13-9-15(11-16(2,3)10-13)20-8-7-17(4,12-18)19-14-5-6-14/h13-15,19H,5-11H2,1-4H3. The quantitative estimate of drug-likeness (QED) is 0.806. The van der Waals surface area contributed by atoms with Gasteiger partial charge in [-0.05, 0) is 50.4 Å². The highest BCUT2D eigenvalue weighted by Crippen LogP contribution is 2.39. The molecule has 3 nitrogen and oxygen atoms in total. The summed E-state index contributed by atoms with van der Waals surface area (Å²) in [5.74, 6) is 0.746. The van der Waals surface area contributed by atoms with Gasteiger partial charge in [0.05, 0.1) is 12.2 Å². The van der Waals surface area contributed by atoms with Crippen LogP contribution in [0, 0.1) is 22.7 Å². The second-order valence-electron chi connectivity index (χ2n) is 8.02. The molecule has 0 amide bonds. The van der Waals surface area contributed by atoms with Gasteiger partial charge in [-0.25, -0.2) is 0 Å². The topological polar surface area (TPSA) is 45.0 Å². The lowest BCUT2D eigenvalue weighted by atomic mass is 9.71. The van der Waals surface area contributed by atoms with E-state index in [2.05, 4.69) is 32.2 Å². The Morgan fingerprint density at radius 3 is 2.60 bits per heavy atom. The third kappa shape index (κ3) is 4.75. The van der Waals surface area contributed by atoms with E-state index >= 15 is 0 Å². The average Bonchev–Trinajstić information content (AvgIpc) is 3.10. The van der Waals surface area contributed by atoms with Crippen LogP contribution >= 0.6 is 0 Å². The Morgan fingerprint density at radius 2 is 2.05 bits per heavy atom. The minimum atomic E-state index is -0.420. The van der Waals surface area contributed by atoms with Crippen molar-refractivity contribution < 1.29 is 4.74 Å². The van der Waals surface area contributed by atoms with Crippen LogP contribution in [0.2, 0.25) is 0 Å². The smallest absolute Gasteiger partial charge is 0.106 e. The van der Waals surface area contributed by atoms with Gasteiger partial charge < -0.3 is 4.74 Å². The molecule has 20 heavy (non-hydrogen) atoms. The number of hydrogen-bond acceptors (Lipinski definition) is 3. The van der Waals surface area contributed by atoms with Crippen LogP contribution in [0.1, 0.15) is 66.2 Å². The van der Waals surface area contributed by atoms with Crippen molar-refractivity contribution in [2.45, 2.75) is 83.9 Å². The summed E-state index contributed by atoms with van der Waals surface area (Å²) in [6.07, 6.45) is 7.20. The van der Waals surface area contributed by atoms with E-state index in [1.54, 1.807) is 0 Å². The van der Waals surface area contributed by atoms with Crippen LogP contribution in [0.3, 0.4) is 0 Å². The molecule has 2 saturated carbocycles. The molecule has 0 aromatic heterocycles. The summed E-state index contributed by atoms with van der Waals surface area (Å²) in [6, 6.07) is 2.98. The largest absolute Gasteiger partial charge is 0.378 e. The Bertz CT molecular complexity index is 370. The predicted molar refractivity (Wildman–Crippen MR) is 81.3 cm³/mol. The summed E-state index contributed by atoms with van der Waals surface area (Å²) in [4.78, 5) is 0. The zero-order chi connectivity index (χ0) is 14.8. The van der Waals surface area contributed by atoms with Crippen LogP contribution in [-0.2, 0) is 4.74 Å². The molecule has 2 aliphatic carbocycles. The molecule has 114 valence electrons. The van der Waals surface area contributed by atoms with E-state index in [4.69, 9.17) is 4.74 Å². The molecule has 0 bridgehead atoms. The molecular weight excluding hydrogens is 248 g/mol. The molecule has 0 heterocycles. The van der Waals surface area contributed by atoms with Gasteiger partial charge in [-0.1, -0.05) is 20.8 Å². The molecule has 0 aromatic carbocycles. The van der Waals surface area contributed by atoms with Crippen molar-refractivity contribution in [3.8, 4) is 6.07 Å². The molecule has 3 heteroatoms. The van der Waals surface area contributed by atoms with Gasteiger partial charge in [0.25, 0.3) is 0 Å². The van der Waals surface area contributed by atoms with Gasteiger partial charge in [0.1, 0.15) is 5.54 Å². The van der Waals surface area contributed by atoms with Crippen LogP contribution in [0.4, 0.5) is 0 Å². The summed E-state index contributed by atoms with van der Waals surface area (Å²) >= 11 is 0. The zero-order valence-electron chi connectivity index (χ0n) is 13.5. The first kappa shape index (κ1) is 15.8. The molecule has 0 spiro atoms. The highest BCUT2D eigenvalue weighted by molar-refractivity contribution is 5.07. The van der Waals surface area contributed by atoms with E-state index in [-0.39, 0.29) is 0 Å². The maximum atomic E-state index is 9.36. The second kappa shape index (κ2) is 6.03. The molecule has 1 N–H and O–H groups in total. The molecular formula is C17H30N2O. The van der Waals surface area contributed by atoms with Crippen LogP contribution in [0.25, 0.3) is 0 Å². The van der Waals surface area contributed by atoms with Crippen molar-refractivity contribution in [1.82, 2.24) is 5.32 Å². The third-order valence-corrected chi connectivity index (χ3v) is 4.65. The summed E-state index contributed by atoms with van der Waals surface area (Å²) in [5, 5.41) is 12.8. The summed E-state index contributed by atoms with van der Waals surface area (Å²) in [5.41, 5.74) is -0.0237. The Labute approximate surface area is 124 Å². The van der Waals surface area contributed by atoms with Crippen LogP contribution in [0.5, 0.6) is 0 Å². The Hall–Kier alpha value is -0.590. The lowest BCUT2D eigenvalue weighted by Crippen LogP contribution is -2.43. The van der Waals surface area contributed by atoms with E-state index < -0.39 is 5.54 Å². The van der Waals surface area contributed by atoms with Gasteiger partial charge in [-0.15, -0.1) is 0 Å². The Morgan fingerprint density at radius 1 is 1.35 bits per heavy atom. The normalized spacial score (nSPS) is 32.4. The fraction of sp³-hybridized carbons (Fsp3) is 0.941. The van der Waals surface area contributed by atoms with E-state index in [1.807, 2.05) is 6.92 Å². The van der Waals surface area contributed by atoms with Gasteiger partial charge >= 0.3 is 0 Å². The molecule has 3 atom stereocenters. The SMILES string of the molecule is CC1CC(OCCC(C)(C#N)NC2CC2)CC(C)(C)C1. The fourth-order valence-corrected chi connectivity index (χ4v) is 3.65. The van der Waals surface area contributed by atoms with E-state index in [0.29, 0.717) is 24.2 Å². The maximum absolute atomic E-state index is 9.36. The average molecular weight is 278 g/mol. The predicted octanol–water partition coefficient (Wildman–Crippen LogP) is 3.64. The Balaban J connectivity index is 1.75. The molecule has 0 aromatic rings. The molecule has 2 aliphatic rings. The van der Waals surface area contributed by atoms with Gasteiger partial charge in [-0.3, -0.25) is 5.32 Å². The number of nitrogens with one attached hydrogen (secondary N) is 1. The van der Waals surface area contributed by atoms with Crippen LogP contribution < -0.4 is 5.32 Å². The summed E-state index contributed by atoms with van der Waals surface area (Å²) in [7, 11) is 0. The second-order valence-corrected chi connectivity index (χ2v) is 8.02. The minimum Gasteiger partial charge on any atom is -0.378 e. The monoisotopic (exact) mass is 278 g/mol. The van der Waals surface area contributed by atoms with Crippen molar-refractivity contribution >= 4 is 0 Å². The zero-order valence-corrected chi connectivity index (χ0v) is 13.5. The first-order valence-electron chi connectivity index (χ1n) is 8.12. The lowest BCUT2D eigenvalue weighted by molar-refractivity contribution is -0.0272. The van der Waals surface area contributed by atoms with Gasteiger partial charge in [0.2, 0.25) is 0 Å². The van der Waals surface area contributed by atoms with Crippen molar-refractivity contribution in [3.63, 3.8) is 0 Å². The van der Waals surface area contributed by atoms with Crippen LogP contribution in [-0.4, -0.2) is 24.3 Å². The summed E-state index contributed by atoms with van der Waals surface area (Å²) < 4.78 is 6.10. The molecule has 0 aliphatic heterocycles. The van der Waals surface area contributed by atoms with Crippen molar-refractivity contribution in [2.24, 2.45) is 11.3 Å². The first-order chi connectivity index (χ1) is 9.32. The number of hydrogen-bond donors (Lipinski definition) is 1. The van der Waals surface area contributed by atoms with Gasteiger partial charge in [0, 0.05) is 19.1 Å². The van der Waals surface area contributed by atoms with Gasteiger partial charge in [-0.2, -0.15) is 5.26 Å².